The van der Waals surface area contributed by atoms with Crippen LogP contribution in [0.25, 0.3) is 11.3 Å². The largest absolute Gasteiger partial charge is 0.507 e. The van der Waals surface area contributed by atoms with Crippen molar-refractivity contribution < 1.29 is 23.8 Å². The van der Waals surface area contributed by atoms with Gasteiger partial charge in [-0.15, -0.1) is 0 Å². The van der Waals surface area contributed by atoms with E-state index < -0.39 is 17.7 Å². The fourth-order valence-electron chi connectivity index (χ4n) is 2.71. The molecule has 0 saturated carbocycles. The molecular weight excluding hydrogens is 400 g/mol. The maximum atomic E-state index is 12.3. The zero-order valence-corrected chi connectivity index (χ0v) is 17.4. The molecule has 1 aromatic heterocycles. The normalized spacial score (nSPS) is 10.9. The summed E-state index contributed by atoms with van der Waals surface area (Å²) in [5, 5.41) is 18.2. The SMILES string of the molecule is CC(C)(C)OC(=O)NCc1cccc(NC(=O)Nc2ccc(-c3cnco3)c(O)c2)c1. The first kappa shape index (κ1) is 21.7. The molecule has 0 aliphatic heterocycles. The minimum absolute atomic E-state index is 0.0511. The van der Waals surface area contributed by atoms with Gasteiger partial charge in [0.05, 0.1) is 11.8 Å². The number of oxazole rings is 1. The van der Waals surface area contributed by atoms with Crippen LogP contribution in [0.3, 0.4) is 0 Å². The maximum absolute atomic E-state index is 12.3. The van der Waals surface area contributed by atoms with Gasteiger partial charge in [0.15, 0.2) is 12.2 Å². The Labute approximate surface area is 179 Å². The van der Waals surface area contributed by atoms with Crippen LogP contribution >= 0.6 is 0 Å². The van der Waals surface area contributed by atoms with E-state index in [-0.39, 0.29) is 12.3 Å². The number of aromatic hydroxyl groups is 1. The summed E-state index contributed by atoms with van der Waals surface area (Å²) >= 11 is 0. The lowest BCUT2D eigenvalue weighted by Crippen LogP contribution is -2.32. The second-order valence-corrected chi connectivity index (χ2v) is 7.73. The summed E-state index contributed by atoms with van der Waals surface area (Å²) in [6.45, 7) is 5.62. The van der Waals surface area contributed by atoms with Gasteiger partial charge in [0.25, 0.3) is 0 Å². The Morgan fingerprint density at radius 3 is 2.48 bits per heavy atom. The van der Waals surface area contributed by atoms with Crippen molar-refractivity contribution in [2.75, 3.05) is 10.6 Å². The molecule has 0 radical (unpaired) electrons. The lowest BCUT2D eigenvalue weighted by molar-refractivity contribution is 0.0523. The van der Waals surface area contributed by atoms with Crippen molar-refractivity contribution in [1.29, 1.82) is 0 Å². The number of urea groups is 1. The predicted octanol–water partition coefficient (Wildman–Crippen LogP) is 4.72. The lowest BCUT2D eigenvalue weighted by atomic mass is 10.1. The third-order valence-corrected chi connectivity index (χ3v) is 3.97. The number of rotatable bonds is 5. The number of amides is 3. The number of nitrogens with one attached hydrogen (secondary N) is 3. The summed E-state index contributed by atoms with van der Waals surface area (Å²) in [7, 11) is 0. The van der Waals surface area contributed by atoms with Gasteiger partial charge in [-0.3, -0.25) is 0 Å². The van der Waals surface area contributed by atoms with Gasteiger partial charge in [0, 0.05) is 24.0 Å². The summed E-state index contributed by atoms with van der Waals surface area (Å²) < 4.78 is 10.4. The van der Waals surface area contributed by atoms with Gasteiger partial charge in [-0.25, -0.2) is 14.6 Å². The molecule has 3 amide bonds. The third-order valence-electron chi connectivity index (χ3n) is 3.97. The first-order chi connectivity index (χ1) is 14.7. The molecule has 3 aromatic rings. The minimum atomic E-state index is -0.576. The van der Waals surface area contributed by atoms with Gasteiger partial charge in [0.1, 0.15) is 11.4 Å². The van der Waals surface area contributed by atoms with Crippen LogP contribution in [-0.4, -0.2) is 27.8 Å². The van der Waals surface area contributed by atoms with Crippen LogP contribution < -0.4 is 16.0 Å². The molecule has 0 fully saturated rings. The fourth-order valence-corrected chi connectivity index (χ4v) is 2.71. The van der Waals surface area contributed by atoms with E-state index in [1.807, 2.05) is 6.07 Å². The summed E-state index contributed by atoms with van der Waals surface area (Å²) in [6, 6.07) is 11.2. The molecule has 3 rings (SSSR count). The molecule has 162 valence electrons. The summed E-state index contributed by atoms with van der Waals surface area (Å²) in [5.41, 5.74) is 1.63. The number of anilines is 2. The van der Waals surface area contributed by atoms with Crippen LogP contribution in [-0.2, 0) is 11.3 Å². The van der Waals surface area contributed by atoms with Crippen LogP contribution in [0.4, 0.5) is 21.0 Å². The highest BCUT2D eigenvalue weighted by molar-refractivity contribution is 6.00. The first-order valence-electron chi connectivity index (χ1n) is 9.55. The van der Waals surface area contributed by atoms with E-state index in [0.717, 1.165) is 5.56 Å². The van der Waals surface area contributed by atoms with Gasteiger partial charge >= 0.3 is 12.1 Å². The van der Waals surface area contributed by atoms with E-state index in [1.54, 1.807) is 51.1 Å². The Balaban J connectivity index is 1.56. The monoisotopic (exact) mass is 424 g/mol. The Bertz CT molecular complexity index is 1060. The zero-order valence-electron chi connectivity index (χ0n) is 17.4. The molecule has 2 aromatic carbocycles. The average Bonchev–Trinajstić information content (AvgIpc) is 3.20. The van der Waals surface area contributed by atoms with E-state index in [9.17, 15) is 14.7 Å². The summed E-state index contributed by atoms with van der Waals surface area (Å²) in [6.07, 6.45) is 2.24. The number of ether oxygens (including phenoxy) is 1. The summed E-state index contributed by atoms with van der Waals surface area (Å²) in [5.74, 6) is 0.370. The van der Waals surface area contributed by atoms with Crippen LogP contribution in [0.15, 0.2) is 59.5 Å². The van der Waals surface area contributed by atoms with E-state index in [1.165, 1.54) is 18.7 Å². The topological polar surface area (TPSA) is 126 Å². The number of phenolic OH excluding ortho intramolecular Hbond substituents is 1. The number of carbonyl (C=O) groups is 2. The molecule has 1 heterocycles. The molecule has 9 nitrogen and oxygen atoms in total. The van der Waals surface area contributed by atoms with Gasteiger partial charge in [-0.05, 0) is 50.6 Å². The van der Waals surface area contributed by atoms with Crippen LogP contribution in [0.5, 0.6) is 5.75 Å². The minimum Gasteiger partial charge on any atom is -0.507 e. The van der Waals surface area contributed by atoms with Crippen molar-refractivity contribution >= 4 is 23.5 Å². The van der Waals surface area contributed by atoms with Crippen LogP contribution in [0, 0.1) is 0 Å². The van der Waals surface area contributed by atoms with Crippen molar-refractivity contribution in [3.05, 3.63) is 60.6 Å². The Morgan fingerprint density at radius 2 is 1.84 bits per heavy atom. The number of benzene rings is 2. The van der Waals surface area contributed by atoms with E-state index >= 15 is 0 Å². The van der Waals surface area contributed by atoms with E-state index in [4.69, 9.17) is 9.15 Å². The number of phenols is 1. The van der Waals surface area contributed by atoms with E-state index in [2.05, 4.69) is 20.9 Å². The van der Waals surface area contributed by atoms with Crippen LogP contribution in [0.2, 0.25) is 0 Å². The smallest absolute Gasteiger partial charge is 0.407 e. The zero-order chi connectivity index (χ0) is 22.4. The van der Waals surface area contributed by atoms with Crippen LogP contribution in [0.1, 0.15) is 26.3 Å². The molecule has 4 N–H and O–H groups in total. The standard InChI is InChI=1S/C22H24N4O5/c1-22(2,3)31-21(29)24-11-14-5-4-6-15(9-14)25-20(28)26-16-7-8-17(18(27)10-16)19-12-23-13-30-19/h4-10,12-13,27H,11H2,1-3H3,(H,24,29)(H2,25,26,28). The predicted molar refractivity (Wildman–Crippen MR) is 116 cm³/mol. The van der Waals surface area contributed by atoms with E-state index in [0.29, 0.717) is 22.7 Å². The maximum Gasteiger partial charge on any atom is 0.407 e. The number of alkyl carbamates (subject to hydrolysis) is 1. The molecule has 0 aliphatic rings. The summed E-state index contributed by atoms with van der Waals surface area (Å²) in [4.78, 5) is 27.9. The van der Waals surface area contributed by atoms with Crippen molar-refractivity contribution in [2.45, 2.75) is 32.9 Å². The number of nitrogens with zero attached hydrogens (tertiary/aromatic N) is 1. The number of carbonyl (C=O) groups excluding carboxylic acids is 2. The molecule has 31 heavy (non-hydrogen) atoms. The first-order valence-corrected chi connectivity index (χ1v) is 9.55. The molecule has 0 spiro atoms. The highest BCUT2D eigenvalue weighted by Gasteiger charge is 2.16. The van der Waals surface area contributed by atoms with Gasteiger partial charge < -0.3 is 30.2 Å². The van der Waals surface area contributed by atoms with Gasteiger partial charge in [0.2, 0.25) is 0 Å². The van der Waals surface area contributed by atoms with Gasteiger partial charge in [-0.1, -0.05) is 12.1 Å². The van der Waals surface area contributed by atoms with Crippen molar-refractivity contribution in [2.24, 2.45) is 0 Å². The lowest BCUT2D eigenvalue weighted by Gasteiger charge is -2.19. The molecule has 0 atom stereocenters. The number of hydrogen-bond acceptors (Lipinski definition) is 6. The van der Waals surface area contributed by atoms with Crippen molar-refractivity contribution in [3.8, 4) is 17.1 Å². The molecular formula is C22H24N4O5. The number of hydrogen-bond donors (Lipinski definition) is 4. The fraction of sp³-hybridized carbons (Fsp3) is 0.227. The third kappa shape index (κ3) is 6.49. The second-order valence-electron chi connectivity index (χ2n) is 7.73. The number of aromatic nitrogens is 1. The second kappa shape index (κ2) is 9.21. The Hall–Kier alpha value is -4.01. The quantitative estimate of drug-likeness (QED) is 0.470. The Morgan fingerprint density at radius 1 is 1.10 bits per heavy atom. The van der Waals surface area contributed by atoms with Crippen molar-refractivity contribution in [3.63, 3.8) is 0 Å². The highest BCUT2D eigenvalue weighted by atomic mass is 16.6. The molecule has 0 aliphatic carbocycles. The molecule has 0 bridgehead atoms. The van der Waals surface area contributed by atoms with Gasteiger partial charge in [-0.2, -0.15) is 0 Å². The Kier molecular flexibility index (Phi) is 6.44. The molecule has 9 heteroatoms. The molecule has 0 unspecified atom stereocenters. The molecule has 0 saturated heterocycles. The van der Waals surface area contributed by atoms with Crippen molar-refractivity contribution in [1.82, 2.24) is 10.3 Å². The highest BCUT2D eigenvalue weighted by Crippen LogP contribution is 2.31. The average molecular weight is 424 g/mol.